The first-order chi connectivity index (χ1) is 9.14. The first kappa shape index (κ1) is 15.8. The van der Waals surface area contributed by atoms with Crippen LogP contribution in [-0.4, -0.2) is 29.9 Å². The van der Waals surface area contributed by atoms with Crippen LogP contribution in [0.3, 0.4) is 0 Å². The summed E-state index contributed by atoms with van der Waals surface area (Å²) in [5.41, 5.74) is 0.295. The minimum atomic E-state index is -1.08. The number of amides is 1. The molecule has 2 N–H and O–H groups in total. The number of benzene rings is 1. The summed E-state index contributed by atoms with van der Waals surface area (Å²) < 4.78 is 10.3. The summed E-state index contributed by atoms with van der Waals surface area (Å²) in [5, 5.41) is 11.5. The molecule has 0 aliphatic heterocycles. The molecule has 0 heterocycles. The van der Waals surface area contributed by atoms with Gasteiger partial charge in [-0.15, -0.1) is 0 Å². The molecular weight excluding hydrogens is 262 g/mol. The molecule has 0 spiro atoms. The zero-order chi connectivity index (χ0) is 15.5. The van der Waals surface area contributed by atoms with Crippen molar-refractivity contribution in [1.29, 1.82) is 0 Å². The summed E-state index contributed by atoms with van der Waals surface area (Å²) in [6.45, 7) is 6.92. The molecule has 1 aromatic rings. The summed E-state index contributed by atoms with van der Waals surface area (Å²) in [6.07, 6.45) is -0.669. The van der Waals surface area contributed by atoms with Gasteiger partial charge in [-0.2, -0.15) is 0 Å². The molecule has 1 amide bonds. The van der Waals surface area contributed by atoms with E-state index in [1.165, 1.54) is 19.2 Å². The summed E-state index contributed by atoms with van der Waals surface area (Å²) in [6, 6.07) is 2.81. The summed E-state index contributed by atoms with van der Waals surface area (Å²) in [4.78, 5) is 22.8. The van der Waals surface area contributed by atoms with Gasteiger partial charge in [0.2, 0.25) is 0 Å². The molecule has 6 nitrogen and oxygen atoms in total. The van der Waals surface area contributed by atoms with E-state index >= 15 is 0 Å². The van der Waals surface area contributed by atoms with E-state index in [9.17, 15) is 9.59 Å². The average Bonchev–Trinajstić information content (AvgIpc) is 2.25. The van der Waals surface area contributed by atoms with E-state index in [0.717, 1.165) is 0 Å². The number of rotatable bonds is 3. The lowest BCUT2D eigenvalue weighted by Gasteiger charge is -2.20. The number of hydrogen-bond acceptors (Lipinski definition) is 4. The fourth-order valence-electron chi connectivity index (χ4n) is 1.67. The zero-order valence-corrected chi connectivity index (χ0v) is 12.2. The molecule has 0 fully saturated rings. The highest BCUT2D eigenvalue weighted by molar-refractivity contribution is 5.93. The van der Waals surface area contributed by atoms with Crippen molar-refractivity contribution < 1.29 is 24.2 Å². The van der Waals surface area contributed by atoms with Gasteiger partial charge in [0.25, 0.3) is 0 Å². The van der Waals surface area contributed by atoms with Gasteiger partial charge in [0.05, 0.1) is 18.4 Å². The van der Waals surface area contributed by atoms with Crippen molar-refractivity contribution in [3.63, 3.8) is 0 Å². The van der Waals surface area contributed by atoms with E-state index in [4.69, 9.17) is 14.6 Å². The van der Waals surface area contributed by atoms with Gasteiger partial charge in [-0.1, -0.05) is 0 Å². The molecule has 6 heteroatoms. The van der Waals surface area contributed by atoms with Crippen LogP contribution in [0.25, 0.3) is 0 Å². The van der Waals surface area contributed by atoms with Crippen molar-refractivity contribution in [3.8, 4) is 5.75 Å². The number of ether oxygens (including phenoxy) is 2. The van der Waals surface area contributed by atoms with Crippen molar-refractivity contribution >= 4 is 17.7 Å². The summed E-state index contributed by atoms with van der Waals surface area (Å²) >= 11 is 0. The van der Waals surface area contributed by atoms with Gasteiger partial charge in [-0.05, 0) is 45.4 Å². The van der Waals surface area contributed by atoms with Gasteiger partial charge in [-0.25, -0.2) is 9.59 Å². The first-order valence-electron chi connectivity index (χ1n) is 6.06. The number of carboxylic acid groups (broad SMARTS) is 1. The Labute approximate surface area is 117 Å². The number of carbonyl (C=O) groups is 2. The molecule has 0 aliphatic rings. The lowest BCUT2D eigenvalue weighted by atomic mass is 10.1. The number of carboxylic acids is 1. The van der Waals surface area contributed by atoms with E-state index in [1.807, 2.05) is 0 Å². The molecule has 20 heavy (non-hydrogen) atoms. The number of aryl methyl sites for hydroxylation is 1. The van der Waals surface area contributed by atoms with Crippen molar-refractivity contribution in [2.45, 2.75) is 33.3 Å². The Morgan fingerprint density at radius 3 is 2.30 bits per heavy atom. The first-order valence-corrected chi connectivity index (χ1v) is 6.06. The lowest BCUT2D eigenvalue weighted by Crippen LogP contribution is -2.27. The van der Waals surface area contributed by atoms with E-state index in [1.54, 1.807) is 27.7 Å². The Hall–Kier alpha value is -2.24. The molecular formula is C14H19NO5. The molecule has 0 saturated carbocycles. The van der Waals surface area contributed by atoms with Crippen LogP contribution < -0.4 is 10.1 Å². The molecule has 0 aliphatic carbocycles. The predicted molar refractivity (Wildman–Crippen MR) is 74.5 cm³/mol. The van der Waals surface area contributed by atoms with Gasteiger partial charge >= 0.3 is 12.1 Å². The average molecular weight is 281 g/mol. The maximum atomic E-state index is 11.8. The van der Waals surface area contributed by atoms with Crippen molar-refractivity contribution in [2.24, 2.45) is 0 Å². The van der Waals surface area contributed by atoms with Crippen LogP contribution >= 0.6 is 0 Å². The SMILES string of the molecule is COc1c(C)cc(C(=O)O)cc1NC(=O)OC(C)(C)C. The minimum Gasteiger partial charge on any atom is -0.494 e. The van der Waals surface area contributed by atoms with Crippen LogP contribution in [0.4, 0.5) is 10.5 Å². The third-order valence-corrected chi connectivity index (χ3v) is 2.36. The van der Waals surface area contributed by atoms with Crippen LogP contribution in [0, 0.1) is 6.92 Å². The van der Waals surface area contributed by atoms with Crippen molar-refractivity contribution in [2.75, 3.05) is 12.4 Å². The second kappa shape index (κ2) is 5.81. The Morgan fingerprint density at radius 2 is 1.85 bits per heavy atom. The van der Waals surface area contributed by atoms with E-state index in [-0.39, 0.29) is 11.3 Å². The molecule has 0 bridgehead atoms. The van der Waals surface area contributed by atoms with Crippen LogP contribution in [0.1, 0.15) is 36.7 Å². The Balaban J connectivity index is 3.09. The molecule has 0 atom stereocenters. The molecule has 1 rings (SSSR count). The minimum absolute atomic E-state index is 0.0642. The fraction of sp³-hybridized carbons (Fsp3) is 0.429. The Morgan fingerprint density at radius 1 is 1.25 bits per heavy atom. The number of nitrogens with one attached hydrogen (secondary N) is 1. The van der Waals surface area contributed by atoms with E-state index < -0.39 is 17.7 Å². The molecule has 110 valence electrons. The van der Waals surface area contributed by atoms with Gasteiger partial charge < -0.3 is 14.6 Å². The lowest BCUT2D eigenvalue weighted by molar-refractivity contribution is 0.0632. The maximum Gasteiger partial charge on any atom is 0.412 e. The Kier molecular flexibility index (Phi) is 4.60. The van der Waals surface area contributed by atoms with Crippen LogP contribution in [0.2, 0.25) is 0 Å². The maximum absolute atomic E-state index is 11.8. The Bertz CT molecular complexity index is 531. The topological polar surface area (TPSA) is 84.9 Å². The highest BCUT2D eigenvalue weighted by atomic mass is 16.6. The molecule has 1 aromatic carbocycles. The predicted octanol–water partition coefficient (Wildman–Crippen LogP) is 3.05. The molecule has 0 radical (unpaired) electrons. The largest absolute Gasteiger partial charge is 0.494 e. The van der Waals surface area contributed by atoms with Crippen molar-refractivity contribution in [1.82, 2.24) is 0 Å². The fourth-order valence-corrected chi connectivity index (χ4v) is 1.67. The van der Waals surface area contributed by atoms with E-state index in [2.05, 4.69) is 5.32 Å². The third-order valence-electron chi connectivity index (χ3n) is 2.36. The molecule has 0 saturated heterocycles. The second-order valence-corrected chi connectivity index (χ2v) is 5.31. The normalized spacial score (nSPS) is 10.8. The van der Waals surface area contributed by atoms with Crippen LogP contribution in [0.15, 0.2) is 12.1 Å². The van der Waals surface area contributed by atoms with Gasteiger partial charge in [0, 0.05) is 0 Å². The van der Waals surface area contributed by atoms with Crippen LogP contribution in [0.5, 0.6) is 5.75 Å². The number of carbonyl (C=O) groups excluding carboxylic acids is 1. The smallest absolute Gasteiger partial charge is 0.412 e. The molecule has 0 unspecified atom stereocenters. The van der Waals surface area contributed by atoms with Crippen LogP contribution in [-0.2, 0) is 4.74 Å². The van der Waals surface area contributed by atoms with Crippen molar-refractivity contribution in [3.05, 3.63) is 23.3 Å². The summed E-state index contributed by atoms with van der Waals surface area (Å²) in [7, 11) is 1.45. The zero-order valence-electron chi connectivity index (χ0n) is 12.2. The highest BCUT2D eigenvalue weighted by Crippen LogP contribution is 2.30. The molecule has 0 aromatic heterocycles. The standard InChI is InChI=1S/C14H19NO5/c1-8-6-9(12(16)17)7-10(11(8)19-5)15-13(18)20-14(2,3)4/h6-7H,1-5H3,(H,15,18)(H,16,17). The second-order valence-electron chi connectivity index (χ2n) is 5.31. The number of anilines is 1. The van der Waals surface area contributed by atoms with Gasteiger partial charge in [0.15, 0.2) is 0 Å². The number of hydrogen-bond donors (Lipinski definition) is 2. The number of methoxy groups -OCH3 is 1. The highest BCUT2D eigenvalue weighted by Gasteiger charge is 2.19. The number of aromatic carboxylic acids is 1. The monoisotopic (exact) mass is 281 g/mol. The quantitative estimate of drug-likeness (QED) is 0.889. The van der Waals surface area contributed by atoms with Gasteiger partial charge in [-0.3, -0.25) is 5.32 Å². The van der Waals surface area contributed by atoms with Gasteiger partial charge in [0.1, 0.15) is 11.4 Å². The van der Waals surface area contributed by atoms with E-state index in [0.29, 0.717) is 11.3 Å². The summed E-state index contributed by atoms with van der Waals surface area (Å²) in [5.74, 6) is -0.677. The third kappa shape index (κ3) is 4.15.